The summed E-state index contributed by atoms with van der Waals surface area (Å²) < 4.78 is 83.4. The number of carboxylic acids is 1. The summed E-state index contributed by atoms with van der Waals surface area (Å²) in [6.07, 6.45) is -75.1. The number of carbonyl (C=O) groups excluding carboxylic acids is 4. The Labute approximate surface area is 596 Å². The first kappa shape index (κ1) is 88.1. The molecule has 7 heterocycles. The fourth-order valence-electron chi connectivity index (χ4n) is 13.2. The van der Waals surface area contributed by atoms with Gasteiger partial charge in [0.25, 0.3) is 5.79 Å². The predicted molar refractivity (Wildman–Crippen MR) is 327 cm³/mol. The van der Waals surface area contributed by atoms with E-state index in [2.05, 4.69) is 21.3 Å². The lowest BCUT2D eigenvalue weighted by Crippen LogP contribution is -2.71. The van der Waals surface area contributed by atoms with Gasteiger partial charge in [-0.05, 0) is 13.8 Å². The van der Waals surface area contributed by atoms with Crippen LogP contribution in [-0.4, -0.2) is 438 Å². The van der Waals surface area contributed by atoms with Gasteiger partial charge in [0.1, 0.15) is 171 Å². The minimum Gasteiger partial charge on any atom is -0.477 e. The number of aliphatic hydroxyl groups excluding tert-OH is 22. The van der Waals surface area contributed by atoms with Crippen LogP contribution in [0, 0.1) is 0 Å². The first-order chi connectivity index (χ1) is 49.3. The van der Waals surface area contributed by atoms with Gasteiger partial charge in [0.15, 0.2) is 37.7 Å². The summed E-state index contributed by atoms with van der Waals surface area (Å²) in [5, 5.41) is 264. The van der Waals surface area contributed by atoms with E-state index in [0.29, 0.717) is 0 Å². The topological polar surface area (TPSA) is 728 Å². The van der Waals surface area contributed by atoms with Crippen LogP contribution >= 0.6 is 0 Å². The minimum atomic E-state index is -3.31. The zero-order valence-corrected chi connectivity index (χ0v) is 57.2. The molecule has 0 aliphatic carbocycles. The zero-order chi connectivity index (χ0) is 78.3. The van der Waals surface area contributed by atoms with Crippen LogP contribution in [0.15, 0.2) is 0 Å². The number of ether oxygens (including phenoxy) is 14. The van der Waals surface area contributed by atoms with Crippen molar-refractivity contribution in [1.82, 2.24) is 21.3 Å². The third kappa shape index (κ3) is 20.2. The molecule has 7 fully saturated rings. The molecule has 0 radical (unpaired) electrons. The molecule has 0 bridgehead atoms. The Hall–Kier alpha value is -4.09. The molecule has 0 aromatic rings. The van der Waals surface area contributed by atoms with Crippen molar-refractivity contribution in [3.05, 3.63) is 0 Å². The molecule has 0 aromatic heterocycles. The molecule has 7 aliphatic heterocycles. The molecule has 4 amide bonds. The van der Waals surface area contributed by atoms with Gasteiger partial charge in [-0.15, -0.1) is 0 Å². The van der Waals surface area contributed by atoms with Crippen LogP contribution in [-0.2, 0) is 90.3 Å². The average molecular weight is 1540 g/mol. The van der Waals surface area contributed by atoms with Gasteiger partial charge in [0.05, 0.1) is 76.6 Å². The van der Waals surface area contributed by atoms with Gasteiger partial charge in [-0.25, -0.2) is 4.79 Å². The lowest BCUT2D eigenvalue weighted by molar-refractivity contribution is -0.393. The van der Waals surface area contributed by atoms with Crippen molar-refractivity contribution >= 4 is 29.6 Å². The minimum absolute atomic E-state index is 0.861. The van der Waals surface area contributed by atoms with Crippen molar-refractivity contribution in [3.63, 3.8) is 0 Å². The Morgan fingerprint density at radius 2 is 0.905 bits per heavy atom. The van der Waals surface area contributed by atoms with Gasteiger partial charge >= 0.3 is 5.97 Å². The fourth-order valence-corrected chi connectivity index (χ4v) is 13.2. The molecule has 608 valence electrons. The van der Waals surface area contributed by atoms with E-state index in [1.165, 1.54) is 13.8 Å². The molecule has 27 N–H and O–H groups in total. The normalized spacial score (nSPS) is 44.4. The number of carboxylic acid groups (broad SMARTS) is 1. The van der Waals surface area contributed by atoms with Crippen molar-refractivity contribution in [2.24, 2.45) is 0 Å². The van der Waals surface area contributed by atoms with Crippen LogP contribution in [0.3, 0.4) is 0 Å². The van der Waals surface area contributed by atoms with E-state index in [-0.39, 0.29) is 0 Å². The SMILES string of the molecule is CC(=O)N[C@H]1[C@@H](O[C@H]2[C@@H](O)[C@@H](CO)O[C@@H](O[C@@H]([C@@H](O)[C@H](O)CO[C@@H]3O[C@H](CO)[C@@H](O[C@@H]4O[C@H](CO)[C@H](O)[C@H](O[C@]5(C(=O)O)C[C@H](O)[C@@H](NC(C)=O)[C@H]([C@H](O)[C@H](O)CO)O5)[C@H]4O)[C@H](O[C@@H]4O[C@@H](C)[C@@H](O)[C@@H](O)[C@@H]4O)[C@H]3NC(C)=O)[C@H](CO)NC(C)=O)[C@@H]2O[C@@H]2O[C@@H](C)[C@@H](O)[C@@H](O)[C@@H]2O)O[C@H](CO)[C@H](O)[C@@H]1O. The van der Waals surface area contributed by atoms with Crippen LogP contribution in [0.2, 0.25) is 0 Å². The second kappa shape index (κ2) is 38.2. The van der Waals surface area contributed by atoms with E-state index >= 15 is 0 Å². The van der Waals surface area contributed by atoms with Crippen molar-refractivity contribution in [1.29, 1.82) is 0 Å². The maximum atomic E-state index is 13.4. The fraction of sp³-hybridized carbons (Fsp3) is 0.915. The Balaban J connectivity index is 1.25. The number of aliphatic carboxylic acids is 1. The summed E-state index contributed by atoms with van der Waals surface area (Å²) in [5.41, 5.74) is 0. The number of aliphatic hydroxyl groups is 22. The summed E-state index contributed by atoms with van der Waals surface area (Å²) in [7, 11) is 0. The standard InChI is InChI=1S/C59H100N4O42/c1-15-32(77)40(85)42(87)54(93-15)101-48-31(63-20(6)73)52(98-28(13-69)46(48)100-56-44(89)49(37(82)26(11-67)96-56)105-59(58(90)91)7-22(74)29(61-18(4)71)47(104-59)34(79)23(75)9-65)92-14-24(76)35(80)45(21(8-64)60-17(3)70)99-57-51(103-55-43(88)41(86)33(78)16(2)94-55)50(38(83)27(12-68)97-57)102-53-30(62-19(5)72)39(84)36(81)25(10-66)95-53/h15-16,21-57,64-69,74-89H,7-14H2,1-6H3,(H,60,70)(H,61,71)(H,62,72)(H,63,73)(H,90,91)/t15-,16-,21-,22-,23+,24+,25+,26+,27+,28+,29+,30+,31+,32+,33+,34+,35-,36-,37-,38-,39+,40+,41+,42-,43-,44+,45+,46+,47+,48+,49-,50-,51+,52+,53+,54-,55-,56-,57-,59-/m0/s1. The molecule has 105 heavy (non-hydrogen) atoms. The first-order valence-corrected chi connectivity index (χ1v) is 33.4. The second-order valence-electron chi connectivity index (χ2n) is 26.5. The highest BCUT2D eigenvalue weighted by Gasteiger charge is 2.62. The van der Waals surface area contributed by atoms with Crippen LogP contribution in [0.25, 0.3) is 0 Å². The maximum Gasteiger partial charge on any atom is 0.364 e. The molecule has 40 atom stereocenters. The highest BCUT2D eigenvalue weighted by Crippen LogP contribution is 2.41. The molecule has 46 nitrogen and oxygen atoms in total. The van der Waals surface area contributed by atoms with Gasteiger partial charge in [0.2, 0.25) is 23.6 Å². The largest absolute Gasteiger partial charge is 0.477 e. The van der Waals surface area contributed by atoms with E-state index in [4.69, 9.17) is 66.3 Å². The van der Waals surface area contributed by atoms with Crippen molar-refractivity contribution in [3.8, 4) is 0 Å². The molecule has 7 rings (SSSR count). The number of hydrogen-bond acceptors (Lipinski definition) is 41. The third-order valence-corrected chi connectivity index (χ3v) is 18.8. The van der Waals surface area contributed by atoms with E-state index in [0.717, 1.165) is 27.7 Å². The number of carbonyl (C=O) groups is 5. The van der Waals surface area contributed by atoms with Gasteiger partial charge in [-0.3, -0.25) is 19.2 Å². The molecular weight excluding hydrogens is 1440 g/mol. The Morgan fingerprint density at radius 1 is 0.448 bits per heavy atom. The zero-order valence-electron chi connectivity index (χ0n) is 57.2. The monoisotopic (exact) mass is 1540 g/mol. The predicted octanol–water partition coefficient (Wildman–Crippen LogP) is -17.0. The molecule has 0 aromatic carbocycles. The van der Waals surface area contributed by atoms with E-state index in [1.807, 2.05) is 0 Å². The van der Waals surface area contributed by atoms with Gasteiger partial charge in [-0.1, -0.05) is 0 Å². The van der Waals surface area contributed by atoms with Crippen LogP contribution < -0.4 is 21.3 Å². The van der Waals surface area contributed by atoms with Crippen LogP contribution in [0.5, 0.6) is 0 Å². The van der Waals surface area contributed by atoms with Gasteiger partial charge in [0, 0.05) is 34.1 Å². The average Bonchev–Trinajstić information content (AvgIpc) is 0.756. The smallest absolute Gasteiger partial charge is 0.364 e. The van der Waals surface area contributed by atoms with Crippen LogP contribution in [0.1, 0.15) is 48.0 Å². The second-order valence-corrected chi connectivity index (χ2v) is 26.5. The highest BCUT2D eigenvalue weighted by molar-refractivity contribution is 5.77. The summed E-state index contributed by atoms with van der Waals surface area (Å²) in [5.74, 6) is -9.17. The summed E-state index contributed by atoms with van der Waals surface area (Å²) in [6.45, 7) is -2.16. The molecule has 7 aliphatic rings. The van der Waals surface area contributed by atoms with Gasteiger partial charge < -0.3 is 205 Å². The number of hydrogen-bond donors (Lipinski definition) is 27. The summed E-state index contributed by atoms with van der Waals surface area (Å²) >= 11 is 0. The number of rotatable bonds is 31. The molecular formula is C59H100N4O42. The first-order valence-electron chi connectivity index (χ1n) is 33.4. The van der Waals surface area contributed by atoms with E-state index in [1.54, 1.807) is 0 Å². The number of nitrogens with one attached hydrogen (secondary N) is 4. The van der Waals surface area contributed by atoms with E-state index in [9.17, 15) is 141 Å². The molecule has 7 saturated heterocycles. The Kier molecular flexibility index (Phi) is 32.1. The summed E-state index contributed by atoms with van der Waals surface area (Å²) in [4.78, 5) is 64.3. The lowest BCUT2D eigenvalue weighted by Gasteiger charge is -2.51. The van der Waals surface area contributed by atoms with Crippen molar-refractivity contribution < 1.29 is 208 Å². The molecule has 0 spiro atoms. The van der Waals surface area contributed by atoms with Crippen molar-refractivity contribution in [2.45, 2.75) is 293 Å². The third-order valence-electron chi connectivity index (χ3n) is 18.8. The Bertz CT molecular complexity index is 2780. The Morgan fingerprint density at radius 3 is 1.41 bits per heavy atom. The molecule has 0 saturated carbocycles. The van der Waals surface area contributed by atoms with Crippen LogP contribution in [0.4, 0.5) is 0 Å². The lowest BCUT2D eigenvalue weighted by atomic mass is 9.88. The highest BCUT2D eigenvalue weighted by atomic mass is 16.8. The van der Waals surface area contributed by atoms with Crippen molar-refractivity contribution in [2.75, 3.05) is 46.2 Å². The molecule has 0 unspecified atom stereocenters. The van der Waals surface area contributed by atoms with Gasteiger partial charge in [-0.2, -0.15) is 0 Å². The molecule has 46 heteroatoms. The summed E-state index contributed by atoms with van der Waals surface area (Å²) in [6, 6.07) is -7.44. The van der Waals surface area contributed by atoms with E-state index < -0.39 is 327 Å². The quantitative estimate of drug-likeness (QED) is 0.0306. The maximum absolute atomic E-state index is 13.4. The number of amides is 4.